The molecule has 1 saturated carbocycles. The summed E-state index contributed by atoms with van der Waals surface area (Å²) in [5.41, 5.74) is 2.32. The van der Waals surface area contributed by atoms with Crippen molar-refractivity contribution in [3.8, 4) is 11.1 Å². The second kappa shape index (κ2) is 8.40. The zero-order valence-electron chi connectivity index (χ0n) is 18.4. The molecule has 2 aliphatic rings. The average molecular weight is 428 g/mol. The van der Waals surface area contributed by atoms with Gasteiger partial charge in [-0.05, 0) is 43.6 Å². The molecule has 0 saturated heterocycles. The quantitative estimate of drug-likeness (QED) is 0.779. The van der Waals surface area contributed by atoms with Crippen LogP contribution in [0, 0.1) is 17.2 Å². The maximum atomic E-state index is 14.7. The van der Waals surface area contributed by atoms with Crippen LogP contribution in [-0.2, 0) is 22.6 Å². The van der Waals surface area contributed by atoms with E-state index in [2.05, 4.69) is 34.6 Å². The summed E-state index contributed by atoms with van der Waals surface area (Å²) in [4.78, 5) is 28.3. The zero-order chi connectivity index (χ0) is 22.2. The van der Waals surface area contributed by atoms with E-state index in [-0.39, 0.29) is 29.2 Å². The third-order valence-electron chi connectivity index (χ3n) is 6.44. The summed E-state index contributed by atoms with van der Waals surface area (Å²) in [6.07, 6.45) is 7.84. The van der Waals surface area contributed by atoms with Crippen LogP contribution in [0.2, 0.25) is 0 Å². The lowest BCUT2D eigenvalue weighted by Crippen LogP contribution is -2.40. The molecule has 31 heavy (non-hydrogen) atoms. The molecule has 1 fully saturated rings. The first-order chi connectivity index (χ1) is 14.7. The van der Waals surface area contributed by atoms with E-state index < -0.39 is 5.82 Å². The van der Waals surface area contributed by atoms with Gasteiger partial charge in [0.1, 0.15) is 11.6 Å². The molecule has 7 nitrogen and oxygen atoms in total. The molecule has 2 atom stereocenters. The minimum Gasteiger partial charge on any atom is -0.354 e. The molecule has 2 N–H and O–H groups in total. The number of aromatic nitrogens is 3. The molecule has 8 heteroatoms. The molecule has 166 valence electrons. The largest absolute Gasteiger partial charge is 0.354 e. The number of pyridine rings is 1. The average Bonchev–Trinajstić information content (AvgIpc) is 3.10. The number of carbonyl (C=O) groups is 2. The fourth-order valence-corrected chi connectivity index (χ4v) is 4.75. The van der Waals surface area contributed by atoms with E-state index in [9.17, 15) is 14.0 Å². The van der Waals surface area contributed by atoms with Crippen molar-refractivity contribution < 1.29 is 14.0 Å². The van der Waals surface area contributed by atoms with Crippen molar-refractivity contribution in [1.82, 2.24) is 20.1 Å². The second-order valence-corrected chi connectivity index (χ2v) is 9.62. The molecule has 0 spiro atoms. The number of rotatable bonds is 4. The van der Waals surface area contributed by atoms with E-state index in [0.29, 0.717) is 17.8 Å². The van der Waals surface area contributed by atoms with Crippen molar-refractivity contribution in [2.75, 3.05) is 5.32 Å². The Kier molecular flexibility index (Phi) is 5.81. The number of anilines is 1. The highest BCUT2D eigenvalue weighted by Crippen LogP contribution is 2.37. The fraction of sp³-hybridized carbons (Fsp3) is 0.565. The Bertz CT molecular complexity index is 1000. The number of nitrogens with zero attached hydrogens (tertiary/aromatic N) is 3. The molecule has 2 amide bonds. The number of halogens is 1. The first-order valence-electron chi connectivity index (χ1n) is 11.0. The third-order valence-corrected chi connectivity index (χ3v) is 6.44. The molecular formula is C23H30FN5O2. The molecule has 3 heterocycles. The van der Waals surface area contributed by atoms with Crippen molar-refractivity contribution >= 4 is 17.6 Å². The molecule has 2 aromatic rings. The van der Waals surface area contributed by atoms with E-state index in [1.807, 2.05) is 4.68 Å². The summed E-state index contributed by atoms with van der Waals surface area (Å²) in [5.74, 6) is -0.522. The summed E-state index contributed by atoms with van der Waals surface area (Å²) < 4.78 is 16.7. The minimum absolute atomic E-state index is 0.0148. The maximum absolute atomic E-state index is 14.7. The van der Waals surface area contributed by atoms with Gasteiger partial charge >= 0.3 is 0 Å². The van der Waals surface area contributed by atoms with Gasteiger partial charge in [0.15, 0.2) is 0 Å². The van der Waals surface area contributed by atoms with Gasteiger partial charge in [0.25, 0.3) is 0 Å². The van der Waals surface area contributed by atoms with Crippen LogP contribution in [-0.4, -0.2) is 32.6 Å². The van der Waals surface area contributed by atoms with E-state index >= 15 is 0 Å². The Labute approximate surface area is 181 Å². The number of nitrogens with one attached hydrogen (secondary N) is 2. The monoisotopic (exact) mass is 427 g/mol. The van der Waals surface area contributed by atoms with Crippen LogP contribution in [0.25, 0.3) is 11.1 Å². The van der Waals surface area contributed by atoms with Gasteiger partial charge < -0.3 is 10.6 Å². The van der Waals surface area contributed by atoms with Crippen molar-refractivity contribution in [1.29, 1.82) is 0 Å². The van der Waals surface area contributed by atoms with Crippen molar-refractivity contribution in [2.24, 2.45) is 11.3 Å². The Morgan fingerprint density at radius 2 is 2.03 bits per heavy atom. The molecule has 0 radical (unpaired) electrons. The molecule has 1 aliphatic heterocycles. The standard InChI is InChI=1S/C23H30FN5O2/c1-14(30)27-16-6-4-5-15(9-16)22(31)28-21-10-17(19(24)13-25-21)18-12-26-29-8-7-23(2,3)11-20(18)29/h10,12-13,15-16H,4-9,11H2,1-3H3,(H,27,30)(H,25,28,31). The Morgan fingerprint density at radius 1 is 1.23 bits per heavy atom. The fourth-order valence-electron chi connectivity index (χ4n) is 4.75. The van der Waals surface area contributed by atoms with E-state index in [1.54, 1.807) is 12.3 Å². The van der Waals surface area contributed by atoms with Crippen LogP contribution in [0.1, 0.15) is 58.6 Å². The van der Waals surface area contributed by atoms with Crippen LogP contribution in [0.5, 0.6) is 0 Å². The van der Waals surface area contributed by atoms with Crippen molar-refractivity contribution in [3.05, 3.63) is 30.0 Å². The van der Waals surface area contributed by atoms with Crippen molar-refractivity contribution in [3.63, 3.8) is 0 Å². The predicted octanol–water partition coefficient (Wildman–Crippen LogP) is 3.69. The van der Waals surface area contributed by atoms with Crippen LogP contribution < -0.4 is 10.6 Å². The highest BCUT2D eigenvalue weighted by Gasteiger charge is 2.30. The van der Waals surface area contributed by atoms with Gasteiger partial charge in [-0.15, -0.1) is 0 Å². The van der Waals surface area contributed by atoms with Gasteiger partial charge in [-0.25, -0.2) is 9.37 Å². The number of aryl methyl sites for hydroxylation is 1. The first kappa shape index (κ1) is 21.5. The number of amides is 2. The Hall–Kier alpha value is -2.77. The van der Waals surface area contributed by atoms with Gasteiger partial charge in [-0.1, -0.05) is 20.3 Å². The minimum atomic E-state index is -0.430. The van der Waals surface area contributed by atoms with Crippen LogP contribution in [0.3, 0.4) is 0 Å². The lowest BCUT2D eigenvalue weighted by Gasteiger charge is -2.30. The molecule has 4 rings (SSSR count). The van der Waals surface area contributed by atoms with Gasteiger partial charge in [-0.3, -0.25) is 14.3 Å². The van der Waals surface area contributed by atoms with Gasteiger partial charge in [0.05, 0.1) is 12.4 Å². The molecule has 2 aromatic heterocycles. The molecule has 0 bridgehead atoms. The van der Waals surface area contributed by atoms with Crippen LogP contribution in [0.15, 0.2) is 18.5 Å². The highest BCUT2D eigenvalue weighted by molar-refractivity contribution is 5.92. The third kappa shape index (κ3) is 4.78. The topological polar surface area (TPSA) is 88.9 Å². The second-order valence-electron chi connectivity index (χ2n) is 9.62. The van der Waals surface area contributed by atoms with E-state index in [0.717, 1.165) is 56.1 Å². The summed E-state index contributed by atoms with van der Waals surface area (Å²) >= 11 is 0. The van der Waals surface area contributed by atoms with E-state index in [1.165, 1.54) is 6.92 Å². The molecule has 2 unspecified atom stereocenters. The van der Waals surface area contributed by atoms with Gasteiger partial charge in [0.2, 0.25) is 11.8 Å². The van der Waals surface area contributed by atoms with Gasteiger partial charge in [-0.2, -0.15) is 5.10 Å². The highest BCUT2D eigenvalue weighted by atomic mass is 19.1. The van der Waals surface area contributed by atoms with Crippen molar-refractivity contribution in [2.45, 2.75) is 71.9 Å². The predicted molar refractivity (Wildman–Crippen MR) is 116 cm³/mol. The Balaban J connectivity index is 1.52. The molecular weight excluding hydrogens is 397 g/mol. The lowest BCUT2D eigenvalue weighted by molar-refractivity contribution is -0.123. The summed E-state index contributed by atoms with van der Waals surface area (Å²) in [5, 5.41) is 10.2. The first-order valence-corrected chi connectivity index (χ1v) is 11.0. The zero-order valence-corrected chi connectivity index (χ0v) is 18.4. The van der Waals surface area contributed by atoms with Crippen LogP contribution in [0.4, 0.5) is 10.2 Å². The molecule has 0 aromatic carbocycles. The van der Waals surface area contributed by atoms with Gasteiger partial charge in [0, 0.05) is 42.2 Å². The number of hydrogen-bond acceptors (Lipinski definition) is 4. The normalized spacial score (nSPS) is 22.5. The smallest absolute Gasteiger partial charge is 0.228 e. The number of carbonyl (C=O) groups excluding carboxylic acids is 2. The van der Waals surface area contributed by atoms with E-state index in [4.69, 9.17) is 0 Å². The Morgan fingerprint density at radius 3 is 2.81 bits per heavy atom. The number of fused-ring (bicyclic) bond motifs is 1. The lowest BCUT2D eigenvalue weighted by atomic mass is 9.81. The maximum Gasteiger partial charge on any atom is 0.228 e. The number of hydrogen-bond donors (Lipinski definition) is 2. The summed E-state index contributed by atoms with van der Waals surface area (Å²) in [6.45, 7) is 6.72. The molecule has 1 aliphatic carbocycles. The van der Waals surface area contributed by atoms with Crippen LogP contribution >= 0.6 is 0 Å². The summed E-state index contributed by atoms with van der Waals surface area (Å²) in [6, 6.07) is 1.61. The SMILES string of the molecule is CC(=O)NC1CCCC(C(=O)Nc2cc(-c3cnn4c3CC(C)(C)CC4)c(F)cn2)C1. The summed E-state index contributed by atoms with van der Waals surface area (Å²) in [7, 11) is 0.